The molecule has 1 heterocycles. The van der Waals surface area contributed by atoms with Crippen LogP contribution in [0.2, 0.25) is 0 Å². The van der Waals surface area contributed by atoms with Gasteiger partial charge in [-0.1, -0.05) is 13.3 Å². The van der Waals surface area contributed by atoms with E-state index in [1.165, 1.54) is 25.7 Å². The van der Waals surface area contributed by atoms with Gasteiger partial charge in [-0.2, -0.15) is 0 Å². The Morgan fingerprint density at radius 3 is 2.40 bits per heavy atom. The molecule has 0 bridgehead atoms. The standard InChI is InChI=1S/C15H28N2O2.ClH/c1-3-4-14(5-6-14)11-17-13(18)15(12-19-2)7-9-16-10-8-15;/h16H,3-12H2,1-2H3,(H,17,18);1H. The summed E-state index contributed by atoms with van der Waals surface area (Å²) in [5, 5.41) is 6.54. The predicted octanol–water partition coefficient (Wildman–Crippen LogP) is 2.12. The maximum atomic E-state index is 12.6. The van der Waals surface area contributed by atoms with Crippen molar-refractivity contribution in [2.45, 2.75) is 45.4 Å². The van der Waals surface area contributed by atoms with Crippen LogP contribution in [0.4, 0.5) is 0 Å². The number of carbonyl (C=O) groups is 1. The quantitative estimate of drug-likeness (QED) is 0.757. The molecule has 1 aliphatic carbocycles. The predicted molar refractivity (Wildman–Crippen MR) is 83.2 cm³/mol. The highest BCUT2D eigenvalue weighted by molar-refractivity contribution is 5.85. The van der Waals surface area contributed by atoms with Crippen molar-refractivity contribution in [2.24, 2.45) is 10.8 Å². The molecule has 1 aliphatic heterocycles. The van der Waals surface area contributed by atoms with Crippen molar-refractivity contribution < 1.29 is 9.53 Å². The van der Waals surface area contributed by atoms with Crippen molar-refractivity contribution in [2.75, 3.05) is 33.4 Å². The number of piperidine rings is 1. The van der Waals surface area contributed by atoms with Crippen LogP contribution in [0.1, 0.15) is 45.4 Å². The monoisotopic (exact) mass is 304 g/mol. The van der Waals surface area contributed by atoms with E-state index in [-0.39, 0.29) is 23.7 Å². The number of rotatable bonds is 7. The fraction of sp³-hybridized carbons (Fsp3) is 0.933. The maximum Gasteiger partial charge on any atom is 0.228 e. The first-order valence-corrected chi connectivity index (χ1v) is 7.64. The zero-order chi connectivity index (χ0) is 13.8. The van der Waals surface area contributed by atoms with Gasteiger partial charge < -0.3 is 15.4 Å². The van der Waals surface area contributed by atoms with E-state index in [1.54, 1.807) is 7.11 Å². The number of hydrogen-bond donors (Lipinski definition) is 2. The average molecular weight is 305 g/mol. The van der Waals surface area contributed by atoms with E-state index in [4.69, 9.17) is 4.74 Å². The smallest absolute Gasteiger partial charge is 0.228 e. The van der Waals surface area contributed by atoms with E-state index in [1.807, 2.05) is 0 Å². The van der Waals surface area contributed by atoms with Gasteiger partial charge in [-0.15, -0.1) is 12.4 Å². The molecule has 0 unspecified atom stereocenters. The largest absolute Gasteiger partial charge is 0.384 e. The molecule has 2 fully saturated rings. The van der Waals surface area contributed by atoms with Gasteiger partial charge in [-0.3, -0.25) is 4.79 Å². The van der Waals surface area contributed by atoms with Gasteiger partial charge in [-0.05, 0) is 50.6 Å². The second-order valence-corrected chi connectivity index (χ2v) is 6.40. The van der Waals surface area contributed by atoms with Crippen LogP contribution in [0, 0.1) is 10.8 Å². The Balaban J connectivity index is 0.00000200. The summed E-state index contributed by atoms with van der Waals surface area (Å²) in [5.41, 5.74) is 0.119. The van der Waals surface area contributed by atoms with Gasteiger partial charge in [0.15, 0.2) is 0 Å². The molecular formula is C15H29ClN2O2. The third-order valence-electron chi connectivity index (χ3n) is 4.82. The van der Waals surface area contributed by atoms with Crippen LogP contribution in [0.5, 0.6) is 0 Å². The van der Waals surface area contributed by atoms with E-state index in [0.717, 1.165) is 32.5 Å². The Labute approximate surface area is 128 Å². The van der Waals surface area contributed by atoms with Crippen LogP contribution in [0.3, 0.4) is 0 Å². The zero-order valence-electron chi connectivity index (χ0n) is 12.8. The molecule has 2 rings (SSSR count). The highest BCUT2D eigenvalue weighted by atomic mass is 35.5. The van der Waals surface area contributed by atoms with E-state index >= 15 is 0 Å². The van der Waals surface area contributed by atoms with E-state index in [2.05, 4.69) is 17.6 Å². The summed E-state index contributed by atoms with van der Waals surface area (Å²) < 4.78 is 5.31. The number of ether oxygens (including phenoxy) is 1. The minimum atomic E-state index is -0.303. The molecule has 1 saturated carbocycles. The van der Waals surface area contributed by atoms with Gasteiger partial charge in [0, 0.05) is 13.7 Å². The Morgan fingerprint density at radius 1 is 1.25 bits per heavy atom. The minimum absolute atomic E-state index is 0. The van der Waals surface area contributed by atoms with Crippen molar-refractivity contribution in [3.63, 3.8) is 0 Å². The van der Waals surface area contributed by atoms with Crippen molar-refractivity contribution in [1.29, 1.82) is 0 Å². The number of hydrogen-bond acceptors (Lipinski definition) is 3. The molecule has 0 spiro atoms. The van der Waals surface area contributed by atoms with Crippen LogP contribution in [0.15, 0.2) is 0 Å². The lowest BCUT2D eigenvalue weighted by atomic mass is 9.78. The molecule has 1 saturated heterocycles. The van der Waals surface area contributed by atoms with Gasteiger partial charge in [-0.25, -0.2) is 0 Å². The molecule has 2 N–H and O–H groups in total. The first kappa shape index (κ1) is 17.7. The van der Waals surface area contributed by atoms with Crippen molar-refractivity contribution >= 4 is 18.3 Å². The second-order valence-electron chi connectivity index (χ2n) is 6.40. The lowest BCUT2D eigenvalue weighted by Crippen LogP contribution is -2.51. The van der Waals surface area contributed by atoms with E-state index < -0.39 is 0 Å². The topological polar surface area (TPSA) is 50.4 Å². The summed E-state index contributed by atoms with van der Waals surface area (Å²) >= 11 is 0. The normalized spacial score (nSPS) is 22.7. The Morgan fingerprint density at radius 2 is 1.90 bits per heavy atom. The number of halogens is 1. The summed E-state index contributed by atoms with van der Waals surface area (Å²) in [6.07, 6.45) is 6.77. The molecule has 0 atom stereocenters. The van der Waals surface area contributed by atoms with Crippen LogP contribution >= 0.6 is 12.4 Å². The van der Waals surface area contributed by atoms with Gasteiger partial charge >= 0.3 is 0 Å². The third-order valence-corrected chi connectivity index (χ3v) is 4.82. The van der Waals surface area contributed by atoms with Gasteiger partial charge in [0.25, 0.3) is 0 Å². The van der Waals surface area contributed by atoms with Crippen molar-refractivity contribution in [1.82, 2.24) is 10.6 Å². The number of nitrogens with one attached hydrogen (secondary N) is 2. The third kappa shape index (κ3) is 4.09. The van der Waals surface area contributed by atoms with E-state index in [0.29, 0.717) is 12.0 Å². The lowest BCUT2D eigenvalue weighted by molar-refractivity contribution is -0.136. The number of amides is 1. The van der Waals surface area contributed by atoms with Gasteiger partial charge in [0.1, 0.15) is 0 Å². The first-order chi connectivity index (χ1) is 9.16. The minimum Gasteiger partial charge on any atom is -0.384 e. The Bertz CT molecular complexity index is 307. The Hall–Kier alpha value is -0.320. The highest BCUT2D eigenvalue weighted by Gasteiger charge is 2.44. The number of carbonyl (C=O) groups excluding carboxylic acids is 1. The summed E-state index contributed by atoms with van der Waals surface area (Å²) in [5.74, 6) is 0.207. The fourth-order valence-corrected chi connectivity index (χ4v) is 3.30. The van der Waals surface area contributed by atoms with Crippen molar-refractivity contribution in [3.05, 3.63) is 0 Å². The van der Waals surface area contributed by atoms with Crippen LogP contribution in [-0.4, -0.2) is 39.3 Å². The molecule has 0 aromatic heterocycles. The summed E-state index contributed by atoms with van der Waals surface area (Å²) in [6, 6.07) is 0. The molecular weight excluding hydrogens is 276 g/mol. The maximum absolute atomic E-state index is 12.6. The van der Waals surface area contributed by atoms with Gasteiger partial charge in [0.05, 0.1) is 12.0 Å². The molecule has 0 aromatic carbocycles. The molecule has 0 aromatic rings. The molecule has 4 nitrogen and oxygen atoms in total. The zero-order valence-corrected chi connectivity index (χ0v) is 13.6. The SMILES string of the molecule is CCCC1(CNC(=O)C2(COC)CCNCC2)CC1.Cl. The molecule has 2 aliphatic rings. The second kappa shape index (κ2) is 7.62. The lowest BCUT2D eigenvalue weighted by Gasteiger charge is -2.36. The molecule has 0 radical (unpaired) electrons. The summed E-state index contributed by atoms with van der Waals surface area (Å²) in [7, 11) is 1.69. The first-order valence-electron chi connectivity index (χ1n) is 7.64. The fourth-order valence-electron chi connectivity index (χ4n) is 3.30. The van der Waals surface area contributed by atoms with Crippen LogP contribution in [-0.2, 0) is 9.53 Å². The Kier molecular flexibility index (Phi) is 6.76. The van der Waals surface area contributed by atoms with Crippen LogP contribution in [0.25, 0.3) is 0 Å². The molecule has 1 amide bonds. The van der Waals surface area contributed by atoms with Crippen molar-refractivity contribution in [3.8, 4) is 0 Å². The van der Waals surface area contributed by atoms with E-state index in [9.17, 15) is 4.79 Å². The molecule has 5 heteroatoms. The molecule has 20 heavy (non-hydrogen) atoms. The van der Waals surface area contributed by atoms with Crippen LogP contribution < -0.4 is 10.6 Å². The average Bonchev–Trinajstić information content (AvgIpc) is 3.18. The molecule has 118 valence electrons. The number of methoxy groups -OCH3 is 1. The van der Waals surface area contributed by atoms with Gasteiger partial charge in [0.2, 0.25) is 5.91 Å². The summed E-state index contributed by atoms with van der Waals surface area (Å²) in [6.45, 7) is 5.45. The summed E-state index contributed by atoms with van der Waals surface area (Å²) in [4.78, 5) is 12.6. The highest BCUT2D eigenvalue weighted by Crippen LogP contribution is 2.49.